The lowest BCUT2D eigenvalue weighted by Gasteiger charge is -2.19. The molecule has 0 aliphatic heterocycles. The highest BCUT2D eigenvalue weighted by Crippen LogP contribution is 2.22. The van der Waals surface area contributed by atoms with Crippen molar-refractivity contribution in [1.29, 1.82) is 0 Å². The van der Waals surface area contributed by atoms with Crippen LogP contribution in [0.15, 0.2) is 48.7 Å². The van der Waals surface area contributed by atoms with Gasteiger partial charge in [-0.15, -0.1) is 0 Å². The Hall–Kier alpha value is -1.63. The molecule has 0 saturated heterocycles. The molecule has 0 saturated carbocycles. The van der Waals surface area contributed by atoms with E-state index in [0.717, 1.165) is 5.69 Å². The van der Waals surface area contributed by atoms with Gasteiger partial charge in [0.1, 0.15) is 0 Å². The molecule has 1 aromatic heterocycles. The summed E-state index contributed by atoms with van der Waals surface area (Å²) in [5, 5.41) is 0. The number of aryl methyl sites for hydroxylation is 2. The molecule has 0 unspecified atom stereocenters. The Balaban J connectivity index is 0.000000218. The van der Waals surface area contributed by atoms with Gasteiger partial charge in [-0.2, -0.15) is 0 Å². The minimum Gasteiger partial charge on any atom is -0.262 e. The fraction of sp³-hybridized carbons (Fsp3) is 0.389. The minimum atomic E-state index is 0.395. The maximum absolute atomic E-state index is 3.98. The van der Waals surface area contributed by atoms with Crippen LogP contribution in [0.4, 0.5) is 0 Å². The van der Waals surface area contributed by atoms with Crippen molar-refractivity contribution in [2.75, 3.05) is 0 Å². The van der Waals surface area contributed by atoms with Crippen LogP contribution in [0, 0.1) is 19.3 Å². The zero-order valence-corrected chi connectivity index (χ0v) is 12.8. The van der Waals surface area contributed by atoms with Crippen molar-refractivity contribution >= 4 is 0 Å². The molecule has 0 spiro atoms. The maximum Gasteiger partial charge on any atom is 0.0372 e. The lowest BCUT2D eigenvalue weighted by molar-refractivity contribution is 0.410. The van der Waals surface area contributed by atoms with Gasteiger partial charge >= 0.3 is 0 Å². The number of benzene rings is 1. The largest absolute Gasteiger partial charge is 0.262 e. The fourth-order valence-electron chi connectivity index (χ4n) is 1.83. The number of pyridine rings is 1. The lowest BCUT2D eigenvalue weighted by atomic mass is 9.86. The molecule has 2 aromatic rings. The van der Waals surface area contributed by atoms with Crippen molar-refractivity contribution in [2.45, 2.75) is 41.0 Å². The molecule has 0 bridgehead atoms. The fourth-order valence-corrected chi connectivity index (χ4v) is 1.83. The molecule has 1 heterocycles. The van der Waals surface area contributed by atoms with Crippen molar-refractivity contribution in [2.24, 2.45) is 5.41 Å². The molecule has 0 amide bonds. The van der Waals surface area contributed by atoms with E-state index in [2.05, 4.69) is 56.9 Å². The van der Waals surface area contributed by atoms with Crippen LogP contribution < -0.4 is 0 Å². The summed E-state index contributed by atoms with van der Waals surface area (Å²) in [5.41, 5.74) is 4.35. The van der Waals surface area contributed by atoms with Crippen LogP contribution in [0.2, 0.25) is 0 Å². The third-order valence-electron chi connectivity index (χ3n) is 2.79. The molecule has 2 rings (SSSR count). The zero-order valence-electron chi connectivity index (χ0n) is 12.8. The molecule has 0 N–H and O–H groups in total. The first-order valence-electron chi connectivity index (χ1n) is 6.80. The van der Waals surface area contributed by atoms with E-state index in [0.29, 0.717) is 5.41 Å². The van der Waals surface area contributed by atoms with E-state index < -0.39 is 0 Å². The topological polar surface area (TPSA) is 12.9 Å². The predicted octanol–water partition coefficient (Wildman–Crippen LogP) is 4.97. The quantitative estimate of drug-likeness (QED) is 0.700. The molecule has 0 radical (unpaired) electrons. The summed E-state index contributed by atoms with van der Waals surface area (Å²) in [6.07, 6.45) is 2.95. The predicted molar refractivity (Wildman–Crippen MR) is 83.3 cm³/mol. The number of hydrogen-bond donors (Lipinski definition) is 0. The highest BCUT2D eigenvalue weighted by molar-refractivity contribution is 5.26. The molecule has 0 fully saturated rings. The summed E-state index contributed by atoms with van der Waals surface area (Å²) >= 11 is 0. The second-order valence-electron chi connectivity index (χ2n) is 6.14. The normalized spacial score (nSPS) is 10.6. The average Bonchev–Trinajstić information content (AvgIpc) is 2.32. The van der Waals surface area contributed by atoms with Gasteiger partial charge in [-0.1, -0.05) is 51.1 Å². The van der Waals surface area contributed by atoms with E-state index in [1.807, 2.05) is 25.1 Å². The Morgan fingerprint density at radius 2 is 1.53 bits per heavy atom. The first-order chi connectivity index (χ1) is 8.88. The van der Waals surface area contributed by atoms with Crippen LogP contribution in [0.25, 0.3) is 0 Å². The van der Waals surface area contributed by atoms with Gasteiger partial charge in [-0.3, -0.25) is 4.98 Å². The SMILES string of the molecule is Cc1ccccc1CC(C)(C)C.Cc1ccccn1. The van der Waals surface area contributed by atoms with Crippen molar-refractivity contribution in [3.63, 3.8) is 0 Å². The minimum absolute atomic E-state index is 0.395. The molecule has 1 nitrogen and oxygen atoms in total. The van der Waals surface area contributed by atoms with Gasteiger partial charge in [-0.25, -0.2) is 0 Å². The Morgan fingerprint density at radius 3 is 1.95 bits per heavy atom. The second-order valence-corrected chi connectivity index (χ2v) is 6.14. The third kappa shape index (κ3) is 6.76. The zero-order chi connectivity index (χ0) is 14.3. The maximum atomic E-state index is 3.98. The van der Waals surface area contributed by atoms with Gasteiger partial charge in [0, 0.05) is 11.9 Å². The summed E-state index contributed by atoms with van der Waals surface area (Å²) in [4.78, 5) is 3.98. The third-order valence-corrected chi connectivity index (χ3v) is 2.79. The van der Waals surface area contributed by atoms with Crippen molar-refractivity contribution in [1.82, 2.24) is 4.98 Å². The molecular weight excluding hydrogens is 230 g/mol. The van der Waals surface area contributed by atoms with Crippen molar-refractivity contribution < 1.29 is 0 Å². The Kier molecular flexibility index (Phi) is 5.75. The summed E-state index contributed by atoms with van der Waals surface area (Å²) < 4.78 is 0. The molecule has 102 valence electrons. The molecular formula is C18H25N. The average molecular weight is 255 g/mol. The highest BCUT2D eigenvalue weighted by Gasteiger charge is 2.11. The van der Waals surface area contributed by atoms with E-state index in [-0.39, 0.29) is 0 Å². The Morgan fingerprint density at radius 1 is 0.895 bits per heavy atom. The standard InChI is InChI=1S/C12H18.C6H7N/c1-10-7-5-6-8-11(10)9-12(2,3)4;1-6-4-2-3-5-7-6/h5-8H,9H2,1-4H3;2-5H,1H3. The van der Waals surface area contributed by atoms with E-state index in [1.165, 1.54) is 17.5 Å². The number of aromatic nitrogens is 1. The molecule has 0 atom stereocenters. The smallest absolute Gasteiger partial charge is 0.0372 e. The van der Waals surface area contributed by atoms with Crippen LogP contribution in [-0.4, -0.2) is 4.98 Å². The summed E-state index contributed by atoms with van der Waals surface area (Å²) in [6.45, 7) is 11.0. The van der Waals surface area contributed by atoms with Crippen molar-refractivity contribution in [3.8, 4) is 0 Å². The van der Waals surface area contributed by atoms with Gasteiger partial charge in [0.2, 0.25) is 0 Å². The molecule has 1 heteroatoms. The summed E-state index contributed by atoms with van der Waals surface area (Å²) in [6, 6.07) is 14.5. The number of hydrogen-bond acceptors (Lipinski definition) is 1. The second kappa shape index (κ2) is 7.08. The number of nitrogens with zero attached hydrogens (tertiary/aromatic N) is 1. The van der Waals surface area contributed by atoms with E-state index >= 15 is 0 Å². The van der Waals surface area contributed by atoms with Gasteiger partial charge in [-0.05, 0) is 48.9 Å². The molecule has 1 aromatic carbocycles. The van der Waals surface area contributed by atoms with Gasteiger partial charge in [0.05, 0.1) is 0 Å². The van der Waals surface area contributed by atoms with Crippen LogP contribution in [-0.2, 0) is 6.42 Å². The lowest BCUT2D eigenvalue weighted by Crippen LogP contribution is -2.09. The molecule has 0 aliphatic rings. The van der Waals surface area contributed by atoms with E-state index in [9.17, 15) is 0 Å². The summed E-state index contributed by atoms with van der Waals surface area (Å²) in [5.74, 6) is 0. The van der Waals surface area contributed by atoms with Crippen molar-refractivity contribution in [3.05, 3.63) is 65.5 Å². The summed E-state index contributed by atoms with van der Waals surface area (Å²) in [7, 11) is 0. The van der Waals surface area contributed by atoms with E-state index in [4.69, 9.17) is 0 Å². The van der Waals surface area contributed by atoms with Gasteiger partial charge in [0.25, 0.3) is 0 Å². The van der Waals surface area contributed by atoms with Crippen LogP contribution in [0.5, 0.6) is 0 Å². The molecule has 0 aliphatic carbocycles. The first kappa shape index (κ1) is 15.4. The van der Waals surface area contributed by atoms with Gasteiger partial charge in [0.15, 0.2) is 0 Å². The van der Waals surface area contributed by atoms with E-state index in [1.54, 1.807) is 6.20 Å². The van der Waals surface area contributed by atoms with Gasteiger partial charge < -0.3 is 0 Å². The number of rotatable bonds is 1. The first-order valence-corrected chi connectivity index (χ1v) is 6.80. The highest BCUT2D eigenvalue weighted by atomic mass is 14.6. The Bertz CT molecular complexity index is 481. The monoisotopic (exact) mass is 255 g/mol. The Labute approximate surface area is 117 Å². The van der Waals surface area contributed by atoms with Crippen LogP contribution >= 0.6 is 0 Å². The van der Waals surface area contributed by atoms with Crippen LogP contribution in [0.3, 0.4) is 0 Å². The van der Waals surface area contributed by atoms with Crippen LogP contribution in [0.1, 0.15) is 37.6 Å². The molecule has 19 heavy (non-hydrogen) atoms.